The van der Waals surface area contributed by atoms with Gasteiger partial charge in [0, 0.05) is 51.5 Å². The van der Waals surface area contributed by atoms with Crippen LogP contribution < -0.4 is 5.32 Å². The number of nitrogens with one attached hydrogen (secondary N) is 1. The molecule has 30 heavy (non-hydrogen) atoms. The minimum absolute atomic E-state index is 0.0588. The number of hydrogen-bond donors (Lipinski definition) is 1. The van der Waals surface area contributed by atoms with Crippen LogP contribution in [0.4, 0.5) is 0 Å². The molecule has 4 heterocycles. The quantitative estimate of drug-likeness (QED) is 0.786. The fourth-order valence-electron chi connectivity index (χ4n) is 5.72. The van der Waals surface area contributed by atoms with Crippen LogP contribution in [0, 0.1) is 0 Å². The lowest BCUT2D eigenvalue weighted by atomic mass is 9.84. The lowest BCUT2D eigenvalue weighted by Gasteiger charge is -2.41. The van der Waals surface area contributed by atoms with E-state index >= 15 is 0 Å². The number of piperidine rings is 1. The van der Waals surface area contributed by atoms with Gasteiger partial charge in [0.25, 0.3) is 0 Å². The standard InChI is InChI=1S/C22H34N6O2/c1-25-9-6-16(24-25)14-27-10-7-22(8-11-27)13-20(29)28-15-18(12-19(28)21(30)23-22)26(2)17-4-3-5-17/h6,9,17-19H,3-5,7-8,10-15H2,1-2H3,(H,23,30)/t18-,19-/m0/s1. The van der Waals surface area contributed by atoms with Crippen molar-refractivity contribution in [2.24, 2.45) is 7.05 Å². The average Bonchev–Trinajstić information content (AvgIpc) is 3.27. The summed E-state index contributed by atoms with van der Waals surface area (Å²) >= 11 is 0. The van der Waals surface area contributed by atoms with Crippen molar-refractivity contribution >= 4 is 11.8 Å². The number of rotatable bonds is 4. The van der Waals surface area contributed by atoms with E-state index in [1.807, 2.05) is 28.9 Å². The van der Waals surface area contributed by atoms with Crippen molar-refractivity contribution in [3.05, 3.63) is 18.0 Å². The maximum atomic E-state index is 13.2. The smallest absolute Gasteiger partial charge is 0.243 e. The molecule has 1 N–H and O–H groups in total. The van der Waals surface area contributed by atoms with Gasteiger partial charge in [-0.05, 0) is 45.2 Å². The third-order valence-electron chi connectivity index (χ3n) is 7.97. The van der Waals surface area contributed by atoms with Gasteiger partial charge in [0.15, 0.2) is 0 Å². The van der Waals surface area contributed by atoms with Crippen LogP contribution >= 0.6 is 0 Å². The Hall–Kier alpha value is -1.93. The van der Waals surface area contributed by atoms with E-state index in [9.17, 15) is 9.59 Å². The molecular formula is C22H34N6O2. The van der Waals surface area contributed by atoms with Gasteiger partial charge in [0.05, 0.1) is 17.7 Å². The Labute approximate surface area is 178 Å². The third-order valence-corrected chi connectivity index (χ3v) is 7.97. The summed E-state index contributed by atoms with van der Waals surface area (Å²) in [6, 6.07) is 2.69. The first kappa shape index (κ1) is 20.0. The summed E-state index contributed by atoms with van der Waals surface area (Å²) in [6.45, 7) is 3.28. The molecule has 8 heteroatoms. The lowest BCUT2D eigenvalue weighted by Crippen LogP contribution is -2.56. The number of aromatic nitrogens is 2. The van der Waals surface area contributed by atoms with Gasteiger partial charge in [-0.3, -0.25) is 24.1 Å². The number of likely N-dealkylation sites (tertiary alicyclic amines) is 1. The topological polar surface area (TPSA) is 73.7 Å². The van der Waals surface area contributed by atoms with Crippen molar-refractivity contribution in [3.63, 3.8) is 0 Å². The second kappa shape index (κ2) is 7.64. The molecule has 1 aromatic rings. The highest BCUT2D eigenvalue weighted by molar-refractivity contribution is 5.92. The van der Waals surface area contributed by atoms with Crippen molar-refractivity contribution < 1.29 is 9.59 Å². The second-order valence-electron chi connectivity index (χ2n) is 9.90. The molecule has 2 amide bonds. The van der Waals surface area contributed by atoms with Gasteiger partial charge < -0.3 is 10.2 Å². The monoisotopic (exact) mass is 414 g/mol. The number of amides is 2. The summed E-state index contributed by atoms with van der Waals surface area (Å²) in [5.41, 5.74) is 0.686. The van der Waals surface area contributed by atoms with Crippen LogP contribution in [0.3, 0.4) is 0 Å². The zero-order valence-corrected chi connectivity index (χ0v) is 18.2. The first-order valence-corrected chi connectivity index (χ1v) is 11.5. The van der Waals surface area contributed by atoms with Gasteiger partial charge in [-0.1, -0.05) is 6.42 Å². The molecular weight excluding hydrogens is 380 g/mol. The van der Waals surface area contributed by atoms with E-state index in [0.29, 0.717) is 25.0 Å². The van der Waals surface area contributed by atoms with E-state index in [1.165, 1.54) is 19.3 Å². The van der Waals surface area contributed by atoms with Crippen molar-refractivity contribution in [2.45, 2.75) is 75.2 Å². The fraction of sp³-hybridized carbons (Fsp3) is 0.773. The van der Waals surface area contributed by atoms with Crippen LogP contribution in [0.5, 0.6) is 0 Å². The van der Waals surface area contributed by atoms with E-state index < -0.39 is 0 Å². The maximum absolute atomic E-state index is 13.2. The molecule has 0 aromatic carbocycles. The molecule has 1 saturated carbocycles. The Bertz CT molecular complexity index is 782. The summed E-state index contributed by atoms with van der Waals surface area (Å²) in [5.74, 6) is 0.213. The number of hydrogen-bond acceptors (Lipinski definition) is 5. The minimum atomic E-state index is -0.380. The molecule has 1 aliphatic carbocycles. The number of fused-ring (bicyclic) bond motifs is 1. The van der Waals surface area contributed by atoms with Crippen molar-refractivity contribution in [1.29, 1.82) is 0 Å². The first-order valence-electron chi connectivity index (χ1n) is 11.5. The summed E-state index contributed by atoms with van der Waals surface area (Å²) in [7, 11) is 4.10. The predicted octanol–water partition coefficient (Wildman–Crippen LogP) is 0.728. The molecule has 0 unspecified atom stereocenters. The highest BCUT2D eigenvalue weighted by Gasteiger charge is 2.50. The van der Waals surface area contributed by atoms with E-state index in [1.54, 1.807) is 0 Å². The van der Waals surface area contributed by atoms with Crippen LogP contribution in [-0.2, 0) is 23.2 Å². The Morgan fingerprint density at radius 3 is 2.63 bits per heavy atom. The van der Waals surface area contributed by atoms with Gasteiger partial charge >= 0.3 is 0 Å². The van der Waals surface area contributed by atoms with Crippen LogP contribution in [0.25, 0.3) is 0 Å². The fourth-order valence-corrected chi connectivity index (χ4v) is 5.72. The molecule has 1 aromatic heterocycles. The Kier molecular flexibility index (Phi) is 5.09. The average molecular weight is 415 g/mol. The van der Waals surface area contributed by atoms with Gasteiger partial charge in [-0.2, -0.15) is 5.10 Å². The zero-order valence-electron chi connectivity index (χ0n) is 18.2. The predicted molar refractivity (Wildman–Crippen MR) is 113 cm³/mol. The third kappa shape index (κ3) is 3.64. The molecule has 5 rings (SSSR count). The van der Waals surface area contributed by atoms with Crippen molar-refractivity contribution in [3.8, 4) is 0 Å². The van der Waals surface area contributed by atoms with Crippen molar-refractivity contribution in [2.75, 3.05) is 26.7 Å². The molecule has 164 valence electrons. The summed E-state index contributed by atoms with van der Waals surface area (Å²) in [6.07, 6.45) is 8.61. The van der Waals surface area contributed by atoms with Gasteiger partial charge in [-0.25, -0.2) is 0 Å². The molecule has 3 aliphatic heterocycles. The van der Waals surface area contributed by atoms with Gasteiger partial charge in [-0.15, -0.1) is 0 Å². The highest BCUT2D eigenvalue weighted by Crippen LogP contribution is 2.35. The molecule has 0 bridgehead atoms. The summed E-state index contributed by atoms with van der Waals surface area (Å²) in [5, 5.41) is 7.81. The number of carbonyl (C=O) groups is 2. The van der Waals surface area contributed by atoms with Crippen LogP contribution in [-0.4, -0.2) is 86.6 Å². The largest absolute Gasteiger partial charge is 0.348 e. The number of nitrogens with zero attached hydrogens (tertiary/aromatic N) is 5. The number of aryl methyl sites for hydroxylation is 1. The number of carbonyl (C=O) groups excluding carboxylic acids is 2. The Morgan fingerprint density at radius 1 is 1.23 bits per heavy atom. The SMILES string of the molecule is CN(C1CCC1)[C@H]1C[C@H]2C(=O)NC3(CCN(Cc4ccn(C)n4)CC3)CC(=O)N2C1. The molecule has 1 spiro atoms. The molecule has 0 radical (unpaired) electrons. The molecule has 2 atom stereocenters. The normalized spacial score (nSPS) is 29.8. The minimum Gasteiger partial charge on any atom is -0.348 e. The zero-order chi connectivity index (χ0) is 20.9. The van der Waals surface area contributed by atoms with Crippen LogP contribution in [0.2, 0.25) is 0 Å². The summed E-state index contributed by atoms with van der Waals surface area (Å²) in [4.78, 5) is 33.0. The van der Waals surface area contributed by atoms with E-state index in [2.05, 4.69) is 27.3 Å². The number of likely N-dealkylation sites (N-methyl/N-ethyl adjacent to an activating group) is 1. The van der Waals surface area contributed by atoms with E-state index in [-0.39, 0.29) is 23.4 Å². The van der Waals surface area contributed by atoms with Crippen LogP contribution in [0.15, 0.2) is 12.3 Å². The Balaban J connectivity index is 1.22. The van der Waals surface area contributed by atoms with Gasteiger partial charge in [0.1, 0.15) is 6.04 Å². The molecule has 4 aliphatic rings. The van der Waals surface area contributed by atoms with Crippen molar-refractivity contribution in [1.82, 2.24) is 29.8 Å². The van der Waals surface area contributed by atoms with Gasteiger partial charge in [0.2, 0.25) is 11.8 Å². The van der Waals surface area contributed by atoms with E-state index in [0.717, 1.165) is 44.6 Å². The summed E-state index contributed by atoms with van der Waals surface area (Å²) < 4.78 is 1.83. The van der Waals surface area contributed by atoms with Crippen LogP contribution in [0.1, 0.15) is 50.6 Å². The van der Waals surface area contributed by atoms with E-state index in [4.69, 9.17) is 0 Å². The second-order valence-corrected chi connectivity index (χ2v) is 9.90. The maximum Gasteiger partial charge on any atom is 0.243 e. The lowest BCUT2D eigenvalue weighted by molar-refractivity contribution is -0.135. The molecule has 4 fully saturated rings. The molecule has 3 saturated heterocycles. The Morgan fingerprint density at radius 2 is 2.00 bits per heavy atom. The first-order chi connectivity index (χ1) is 14.4. The molecule has 8 nitrogen and oxygen atoms in total. The highest BCUT2D eigenvalue weighted by atomic mass is 16.2.